The van der Waals surface area contributed by atoms with Gasteiger partial charge in [-0.3, -0.25) is 4.79 Å². The molecule has 1 amide bonds. The van der Waals surface area contributed by atoms with E-state index < -0.39 is 12.0 Å². The third-order valence-electron chi connectivity index (χ3n) is 2.85. The fourth-order valence-electron chi connectivity index (χ4n) is 1.73. The average molecular weight is 279 g/mol. The quantitative estimate of drug-likeness (QED) is 0.713. The van der Waals surface area contributed by atoms with Crippen LogP contribution in [0.1, 0.15) is 24.2 Å². The summed E-state index contributed by atoms with van der Waals surface area (Å²) in [6, 6.07) is 8.08. The maximum atomic E-state index is 12.3. The van der Waals surface area contributed by atoms with E-state index in [1.54, 1.807) is 38.2 Å². The van der Waals surface area contributed by atoms with Gasteiger partial charge in [0.1, 0.15) is 0 Å². The fourth-order valence-corrected chi connectivity index (χ4v) is 1.73. The highest BCUT2D eigenvalue weighted by Crippen LogP contribution is 2.08. The smallest absolute Gasteiger partial charge is 0.331 e. The number of carbonyl (C=O) groups excluding carboxylic acids is 2. The van der Waals surface area contributed by atoms with E-state index in [-0.39, 0.29) is 19.1 Å². The molecule has 1 unspecified atom stereocenters. The van der Waals surface area contributed by atoms with Gasteiger partial charge in [0, 0.05) is 19.2 Å². The number of hydrogen-bond donors (Lipinski definition) is 0. The molecule has 1 rings (SSSR count). The number of rotatable bonds is 7. The van der Waals surface area contributed by atoms with Gasteiger partial charge < -0.3 is 14.4 Å². The van der Waals surface area contributed by atoms with Crippen molar-refractivity contribution in [2.24, 2.45) is 0 Å². The molecule has 0 fully saturated rings. The van der Waals surface area contributed by atoms with Gasteiger partial charge in [-0.2, -0.15) is 0 Å². The lowest BCUT2D eigenvalue weighted by Crippen LogP contribution is -2.46. The zero-order valence-electron chi connectivity index (χ0n) is 12.2. The number of likely N-dealkylation sites (N-methyl/N-ethyl adjacent to an activating group) is 1. The van der Waals surface area contributed by atoms with E-state index in [9.17, 15) is 9.59 Å². The molecule has 0 spiro atoms. The van der Waals surface area contributed by atoms with E-state index in [1.807, 2.05) is 13.0 Å². The highest BCUT2D eigenvalue weighted by Gasteiger charge is 2.28. The number of carbonyl (C=O) groups is 2. The summed E-state index contributed by atoms with van der Waals surface area (Å²) in [5.74, 6) is -0.684. The second-order valence-corrected chi connectivity index (χ2v) is 4.21. The van der Waals surface area contributed by atoms with Crippen molar-refractivity contribution in [1.29, 1.82) is 0 Å². The number of benzene rings is 1. The Morgan fingerprint density at radius 2 is 1.80 bits per heavy atom. The van der Waals surface area contributed by atoms with Gasteiger partial charge in [0.2, 0.25) is 0 Å². The van der Waals surface area contributed by atoms with Crippen molar-refractivity contribution in [1.82, 2.24) is 4.90 Å². The molecule has 0 aliphatic rings. The second-order valence-electron chi connectivity index (χ2n) is 4.21. The maximum Gasteiger partial charge on any atom is 0.331 e. The lowest BCUT2D eigenvalue weighted by molar-refractivity contribution is -0.150. The predicted octanol–water partition coefficient (Wildman–Crippen LogP) is 1.73. The van der Waals surface area contributed by atoms with E-state index in [4.69, 9.17) is 9.47 Å². The summed E-state index contributed by atoms with van der Waals surface area (Å²) in [6.45, 7) is 4.44. The van der Waals surface area contributed by atoms with Gasteiger partial charge in [-0.25, -0.2) is 4.79 Å². The van der Waals surface area contributed by atoms with Crippen LogP contribution >= 0.6 is 0 Å². The Morgan fingerprint density at radius 3 is 2.35 bits per heavy atom. The van der Waals surface area contributed by atoms with Gasteiger partial charge in [0.05, 0.1) is 13.2 Å². The van der Waals surface area contributed by atoms with Gasteiger partial charge in [0.25, 0.3) is 5.91 Å². The molecule has 0 aliphatic carbocycles. The normalized spacial score (nSPS) is 11.8. The van der Waals surface area contributed by atoms with E-state index in [0.29, 0.717) is 12.2 Å². The molecule has 0 aliphatic heterocycles. The van der Waals surface area contributed by atoms with E-state index in [1.165, 1.54) is 4.90 Å². The first-order valence-electron chi connectivity index (χ1n) is 6.68. The van der Waals surface area contributed by atoms with E-state index in [2.05, 4.69) is 0 Å². The van der Waals surface area contributed by atoms with Gasteiger partial charge in [-0.1, -0.05) is 18.2 Å². The molecule has 0 N–H and O–H groups in total. The number of hydrogen-bond acceptors (Lipinski definition) is 4. The van der Waals surface area contributed by atoms with E-state index in [0.717, 1.165) is 0 Å². The van der Waals surface area contributed by atoms with Crippen LogP contribution in [0.15, 0.2) is 30.3 Å². The minimum Gasteiger partial charge on any atom is -0.464 e. The first kappa shape index (κ1) is 16.2. The van der Waals surface area contributed by atoms with Gasteiger partial charge in [0.15, 0.2) is 6.04 Å². The van der Waals surface area contributed by atoms with Crippen molar-refractivity contribution < 1.29 is 19.1 Å². The number of ether oxygens (including phenoxy) is 2. The lowest BCUT2D eigenvalue weighted by atomic mass is 10.1. The van der Waals surface area contributed by atoms with Crippen LogP contribution < -0.4 is 0 Å². The van der Waals surface area contributed by atoms with Crippen LogP contribution in [0.3, 0.4) is 0 Å². The minimum atomic E-state index is -0.734. The van der Waals surface area contributed by atoms with Gasteiger partial charge >= 0.3 is 5.97 Å². The summed E-state index contributed by atoms with van der Waals surface area (Å²) < 4.78 is 10.3. The minimum absolute atomic E-state index is 0.129. The maximum absolute atomic E-state index is 12.3. The van der Waals surface area contributed by atoms with Crippen LogP contribution in [0.5, 0.6) is 0 Å². The molecule has 0 aromatic heterocycles. The van der Waals surface area contributed by atoms with Crippen LogP contribution in [0.25, 0.3) is 0 Å². The molecule has 0 saturated heterocycles. The molecule has 20 heavy (non-hydrogen) atoms. The SMILES string of the molecule is CCOCC(C(=O)OCC)N(C)C(=O)c1ccccc1. The molecule has 0 heterocycles. The summed E-state index contributed by atoms with van der Waals surface area (Å²) in [4.78, 5) is 25.6. The summed E-state index contributed by atoms with van der Waals surface area (Å²) >= 11 is 0. The van der Waals surface area contributed by atoms with Crippen LogP contribution in [0.4, 0.5) is 0 Å². The Bertz CT molecular complexity index is 433. The molecule has 1 aromatic carbocycles. The Hall–Kier alpha value is -1.88. The first-order valence-corrected chi connectivity index (χ1v) is 6.68. The summed E-state index contributed by atoms with van der Waals surface area (Å²) in [6.07, 6.45) is 0. The molecule has 0 bridgehead atoms. The fraction of sp³-hybridized carbons (Fsp3) is 0.467. The average Bonchev–Trinajstić information content (AvgIpc) is 2.48. The molecule has 5 heteroatoms. The van der Waals surface area contributed by atoms with Crippen molar-refractivity contribution in [2.45, 2.75) is 19.9 Å². The Morgan fingerprint density at radius 1 is 1.15 bits per heavy atom. The van der Waals surface area contributed by atoms with Crippen molar-refractivity contribution in [2.75, 3.05) is 26.9 Å². The largest absolute Gasteiger partial charge is 0.464 e. The Labute approximate surface area is 119 Å². The molecule has 5 nitrogen and oxygen atoms in total. The molecule has 0 radical (unpaired) electrons. The monoisotopic (exact) mass is 279 g/mol. The highest BCUT2D eigenvalue weighted by molar-refractivity contribution is 5.96. The molecule has 1 atom stereocenters. The van der Waals surface area contributed by atoms with Crippen molar-refractivity contribution in [3.63, 3.8) is 0 Å². The topological polar surface area (TPSA) is 55.8 Å². The molecule has 110 valence electrons. The third kappa shape index (κ3) is 4.35. The highest BCUT2D eigenvalue weighted by atomic mass is 16.5. The zero-order chi connectivity index (χ0) is 15.0. The van der Waals surface area contributed by atoms with Crippen molar-refractivity contribution in [3.8, 4) is 0 Å². The standard InChI is InChI=1S/C15H21NO4/c1-4-19-11-13(15(18)20-5-2)16(3)14(17)12-9-7-6-8-10-12/h6-10,13H,4-5,11H2,1-3H3. The molecule has 1 aromatic rings. The molecule has 0 saturated carbocycles. The lowest BCUT2D eigenvalue weighted by Gasteiger charge is -2.26. The molecular weight excluding hydrogens is 258 g/mol. The van der Waals surface area contributed by atoms with Crippen molar-refractivity contribution in [3.05, 3.63) is 35.9 Å². The zero-order valence-corrected chi connectivity index (χ0v) is 12.2. The van der Waals surface area contributed by atoms with Gasteiger partial charge in [-0.15, -0.1) is 0 Å². The molecular formula is C15H21NO4. The van der Waals surface area contributed by atoms with Crippen LogP contribution in [-0.4, -0.2) is 49.7 Å². The number of nitrogens with zero attached hydrogens (tertiary/aromatic N) is 1. The summed E-state index contributed by atoms with van der Waals surface area (Å²) in [5.41, 5.74) is 0.529. The van der Waals surface area contributed by atoms with Crippen LogP contribution in [-0.2, 0) is 14.3 Å². The van der Waals surface area contributed by atoms with Crippen LogP contribution in [0.2, 0.25) is 0 Å². The summed E-state index contributed by atoms with van der Waals surface area (Å²) in [7, 11) is 1.58. The third-order valence-corrected chi connectivity index (χ3v) is 2.85. The predicted molar refractivity (Wildman–Crippen MR) is 75.4 cm³/mol. The first-order chi connectivity index (χ1) is 9.61. The Kier molecular flexibility index (Phi) is 6.73. The van der Waals surface area contributed by atoms with Gasteiger partial charge in [-0.05, 0) is 26.0 Å². The number of amides is 1. The van der Waals surface area contributed by atoms with Crippen LogP contribution in [0, 0.1) is 0 Å². The summed E-state index contributed by atoms with van der Waals surface area (Å²) in [5, 5.41) is 0. The number of esters is 1. The Balaban J connectivity index is 2.83. The van der Waals surface area contributed by atoms with E-state index >= 15 is 0 Å². The second kappa shape index (κ2) is 8.32. The van der Waals surface area contributed by atoms with Crippen molar-refractivity contribution >= 4 is 11.9 Å².